The van der Waals surface area contributed by atoms with Gasteiger partial charge in [0.05, 0.1) is 10.9 Å². The van der Waals surface area contributed by atoms with E-state index in [1.165, 1.54) is 0 Å². The summed E-state index contributed by atoms with van der Waals surface area (Å²) in [5.41, 5.74) is 4.69. The highest BCUT2D eigenvalue weighted by molar-refractivity contribution is 5.88. The number of nitrogens with one attached hydrogen (secondary N) is 2. The molecule has 1 amide bonds. The first-order chi connectivity index (χ1) is 13.7. The van der Waals surface area contributed by atoms with Crippen LogP contribution >= 0.6 is 0 Å². The molecule has 28 heavy (non-hydrogen) atoms. The van der Waals surface area contributed by atoms with E-state index >= 15 is 0 Å². The smallest absolute Gasteiger partial charge is 0.259 e. The summed E-state index contributed by atoms with van der Waals surface area (Å²) in [4.78, 5) is 35.2. The van der Waals surface area contributed by atoms with E-state index < -0.39 is 6.10 Å². The lowest BCUT2D eigenvalue weighted by Crippen LogP contribution is -2.50. The zero-order chi connectivity index (χ0) is 19.1. The topological polar surface area (TPSA) is 86.4 Å². The van der Waals surface area contributed by atoms with Gasteiger partial charge in [0.15, 0.2) is 6.10 Å². The number of amides is 1. The number of carbonyl (C=O) groups is 1. The molecule has 4 heterocycles. The molecule has 1 saturated carbocycles. The highest BCUT2D eigenvalue weighted by atomic mass is 16.7. The molecule has 5 rings (SSSR count). The van der Waals surface area contributed by atoms with Crippen molar-refractivity contribution < 1.29 is 9.63 Å². The largest absolute Gasteiger partial charge is 0.354 e. The number of anilines is 1. The molecule has 1 aliphatic carbocycles. The van der Waals surface area contributed by atoms with Crippen LogP contribution in [0.4, 0.5) is 5.82 Å². The maximum Gasteiger partial charge on any atom is 0.259 e. The summed E-state index contributed by atoms with van der Waals surface area (Å²) in [6.07, 6.45) is 9.84. The van der Waals surface area contributed by atoms with Gasteiger partial charge in [-0.1, -0.05) is 13.3 Å². The fourth-order valence-electron chi connectivity index (χ4n) is 4.45. The number of rotatable bonds is 4. The fraction of sp³-hybridized carbons (Fsp3) is 0.550. The second-order valence-corrected chi connectivity index (χ2v) is 8.01. The molecular weight excluding hydrogens is 356 g/mol. The maximum atomic E-state index is 13.2. The van der Waals surface area contributed by atoms with Gasteiger partial charge < -0.3 is 14.8 Å². The van der Waals surface area contributed by atoms with Crippen LogP contribution in [0.25, 0.3) is 11.0 Å². The summed E-state index contributed by atoms with van der Waals surface area (Å²) < 4.78 is 0. The van der Waals surface area contributed by atoms with Gasteiger partial charge >= 0.3 is 0 Å². The predicted molar refractivity (Wildman–Crippen MR) is 105 cm³/mol. The average Bonchev–Trinajstić information content (AvgIpc) is 3.13. The predicted octanol–water partition coefficient (Wildman–Crippen LogP) is 2.12. The Balaban J connectivity index is 1.38. The minimum atomic E-state index is -0.513. The molecule has 1 atom stereocenters. The molecule has 2 aliphatic heterocycles. The van der Waals surface area contributed by atoms with Crippen molar-refractivity contribution in [2.24, 2.45) is 0 Å². The Labute approximate surface area is 163 Å². The van der Waals surface area contributed by atoms with Gasteiger partial charge in [0.25, 0.3) is 5.91 Å². The number of fused-ring (bicyclic) bond motifs is 1. The molecule has 8 nitrogen and oxygen atoms in total. The Morgan fingerprint density at radius 1 is 1.36 bits per heavy atom. The van der Waals surface area contributed by atoms with E-state index in [0.717, 1.165) is 74.3 Å². The van der Waals surface area contributed by atoms with Crippen molar-refractivity contribution in [3.8, 4) is 0 Å². The first-order valence-electron chi connectivity index (χ1n) is 10.2. The fourth-order valence-corrected chi connectivity index (χ4v) is 4.45. The zero-order valence-electron chi connectivity index (χ0n) is 16.1. The van der Waals surface area contributed by atoms with Crippen LogP contribution in [0.5, 0.6) is 0 Å². The van der Waals surface area contributed by atoms with Gasteiger partial charge in [-0.15, -0.1) is 0 Å². The lowest BCUT2D eigenvalue weighted by molar-refractivity contribution is -0.145. The molecule has 2 aromatic heterocycles. The van der Waals surface area contributed by atoms with Crippen LogP contribution in [-0.2, 0) is 9.63 Å². The van der Waals surface area contributed by atoms with Crippen LogP contribution in [0.2, 0.25) is 0 Å². The van der Waals surface area contributed by atoms with Crippen molar-refractivity contribution in [1.82, 2.24) is 25.3 Å². The standard InChI is InChI=1S/C20H26N6O2/c1-2-4-14-11-16(28-24-14)19(27)26-10-3-9-25(12-20(26)6-7-20)18-15-5-8-21-17(15)22-13-23-18/h5,8,11,13,16,24H,2-4,6-7,9-10,12H2,1H3,(H,21,22,23). The normalized spacial score (nSPS) is 23.6. The van der Waals surface area contributed by atoms with Crippen LogP contribution < -0.4 is 10.4 Å². The number of nitrogens with zero attached hydrogens (tertiary/aromatic N) is 4. The van der Waals surface area contributed by atoms with E-state index in [2.05, 4.69) is 37.2 Å². The van der Waals surface area contributed by atoms with Gasteiger partial charge in [0.2, 0.25) is 0 Å². The second-order valence-electron chi connectivity index (χ2n) is 8.01. The number of H-pyrrole nitrogens is 1. The van der Waals surface area contributed by atoms with Crippen molar-refractivity contribution in [2.45, 2.75) is 50.7 Å². The van der Waals surface area contributed by atoms with E-state index in [0.29, 0.717) is 0 Å². The number of hydrogen-bond acceptors (Lipinski definition) is 6. The number of allylic oxidation sites excluding steroid dienone is 1. The molecular formula is C20H26N6O2. The SMILES string of the molecule is CCCC1=CC(C(=O)N2CCCN(c3ncnc4[nH]ccc34)CC23CC3)ON1. The lowest BCUT2D eigenvalue weighted by atomic mass is 10.1. The van der Waals surface area contributed by atoms with E-state index in [-0.39, 0.29) is 11.4 Å². The molecule has 3 aliphatic rings. The van der Waals surface area contributed by atoms with E-state index in [9.17, 15) is 4.79 Å². The second kappa shape index (κ2) is 6.77. The van der Waals surface area contributed by atoms with Crippen LogP contribution in [0.15, 0.2) is 30.4 Å². The van der Waals surface area contributed by atoms with Crippen LogP contribution in [0, 0.1) is 0 Å². The molecule has 0 radical (unpaired) electrons. The quantitative estimate of drug-likeness (QED) is 0.842. The summed E-state index contributed by atoms with van der Waals surface area (Å²) >= 11 is 0. The molecule has 1 unspecified atom stereocenters. The average molecular weight is 382 g/mol. The third-order valence-electron chi connectivity index (χ3n) is 6.03. The Bertz CT molecular complexity index is 918. The van der Waals surface area contributed by atoms with Crippen molar-refractivity contribution in [2.75, 3.05) is 24.5 Å². The number of carbonyl (C=O) groups excluding carboxylic acids is 1. The lowest BCUT2D eigenvalue weighted by Gasteiger charge is -2.33. The van der Waals surface area contributed by atoms with Gasteiger partial charge in [0.1, 0.15) is 17.8 Å². The molecule has 0 bridgehead atoms. The summed E-state index contributed by atoms with van der Waals surface area (Å²) in [5, 5.41) is 1.04. The van der Waals surface area contributed by atoms with E-state index in [1.54, 1.807) is 6.33 Å². The first-order valence-corrected chi connectivity index (χ1v) is 10.2. The molecule has 0 aromatic carbocycles. The summed E-state index contributed by atoms with van der Waals surface area (Å²) in [6, 6.07) is 2.02. The van der Waals surface area contributed by atoms with Gasteiger partial charge in [-0.05, 0) is 37.8 Å². The van der Waals surface area contributed by atoms with Crippen LogP contribution in [0.3, 0.4) is 0 Å². The van der Waals surface area contributed by atoms with E-state index in [1.807, 2.05) is 18.3 Å². The van der Waals surface area contributed by atoms with Gasteiger partial charge in [-0.25, -0.2) is 9.97 Å². The molecule has 1 saturated heterocycles. The van der Waals surface area contributed by atoms with Crippen LogP contribution in [-0.4, -0.2) is 57.0 Å². The van der Waals surface area contributed by atoms with Gasteiger partial charge in [0, 0.05) is 31.5 Å². The molecule has 148 valence electrons. The van der Waals surface area contributed by atoms with Crippen molar-refractivity contribution >= 4 is 22.8 Å². The number of aromatic nitrogens is 3. The molecule has 2 aromatic rings. The van der Waals surface area contributed by atoms with Crippen molar-refractivity contribution in [1.29, 1.82) is 0 Å². The monoisotopic (exact) mass is 382 g/mol. The van der Waals surface area contributed by atoms with E-state index in [4.69, 9.17) is 4.84 Å². The van der Waals surface area contributed by atoms with Crippen molar-refractivity contribution in [3.63, 3.8) is 0 Å². The maximum absolute atomic E-state index is 13.2. The molecule has 2 N–H and O–H groups in total. The van der Waals surface area contributed by atoms with Gasteiger partial charge in [-0.3, -0.25) is 15.1 Å². The first kappa shape index (κ1) is 17.5. The highest BCUT2D eigenvalue weighted by Gasteiger charge is 2.53. The van der Waals surface area contributed by atoms with Crippen molar-refractivity contribution in [3.05, 3.63) is 30.4 Å². The summed E-state index contributed by atoms with van der Waals surface area (Å²) in [6.45, 7) is 4.56. The number of aromatic amines is 1. The number of hydrogen-bond donors (Lipinski definition) is 2. The minimum absolute atomic E-state index is 0.0763. The Morgan fingerprint density at radius 3 is 3.07 bits per heavy atom. The Kier molecular flexibility index (Phi) is 4.23. The molecule has 8 heteroatoms. The Morgan fingerprint density at radius 2 is 2.25 bits per heavy atom. The zero-order valence-corrected chi connectivity index (χ0v) is 16.1. The third kappa shape index (κ3) is 2.92. The highest BCUT2D eigenvalue weighted by Crippen LogP contribution is 2.45. The van der Waals surface area contributed by atoms with Crippen LogP contribution in [0.1, 0.15) is 39.0 Å². The summed E-state index contributed by atoms with van der Waals surface area (Å²) in [5.74, 6) is 1.03. The Hall–Kier alpha value is -2.61. The minimum Gasteiger partial charge on any atom is -0.354 e. The molecule has 1 spiro atoms. The molecule has 2 fully saturated rings. The summed E-state index contributed by atoms with van der Waals surface area (Å²) in [7, 11) is 0. The third-order valence-corrected chi connectivity index (χ3v) is 6.03. The number of hydroxylamine groups is 1. The van der Waals surface area contributed by atoms with Gasteiger partial charge in [-0.2, -0.15) is 0 Å².